The van der Waals surface area contributed by atoms with Gasteiger partial charge in [0.05, 0.1) is 0 Å². The molecule has 0 heterocycles. The molecule has 0 aromatic heterocycles. The van der Waals surface area contributed by atoms with E-state index >= 15 is 0 Å². The average Bonchev–Trinajstić information content (AvgIpc) is 2.16. The Morgan fingerprint density at radius 2 is 1.93 bits per heavy atom. The molecule has 0 aromatic rings. The maximum Gasteiger partial charge on any atom is 0.144 e. The van der Waals surface area contributed by atoms with Gasteiger partial charge in [-0.05, 0) is 18.0 Å². The highest BCUT2D eigenvalue weighted by atomic mass is 16.5. The van der Waals surface area contributed by atoms with E-state index in [2.05, 4.69) is 12.1 Å². The number of hydroxylamine groups is 1. The van der Waals surface area contributed by atoms with Crippen LogP contribution in [0, 0.1) is 21.4 Å². The van der Waals surface area contributed by atoms with Crippen LogP contribution in [-0.4, -0.2) is 5.66 Å². The van der Waals surface area contributed by atoms with Crippen molar-refractivity contribution in [2.45, 2.75) is 53.1 Å². The average molecular weight is 201 g/mol. The third-order valence-corrected chi connectivity index (χ3v) is 3.59. The summed E-state index contributed by atoms with van der Waals surface area (Å²) >= 11 is 0. The molecule has 0 saturated carbocycles. The van der Waals surface area contributed by atoms with Crippen molar-refractivity contribution in [3.63, 3.8) is 0 Å². The monoisotopic (exact) mass is 201 g/mol. The molecule has 2 unspecified atom stereocenters. The molecule has 2 atom stereocenters. The Morgan fingerprint density at radius 3 is 2.21 bits per heavy atom. The van der Waals surface area contributed by atoms with Crippen LogP contribution in [0.25, 0.3) is 0 Å². The molecule has 0 radical (unpaired) electrons. The number of hydrogen-bond donors (Lipinski definition) is 1. The second-order valence-electron chi connectivity index (χ2n) is 4.68. The van der Waals surface area contributed by atoms with Crippen LogP contribution in [0.15, 0.2) is 5.18 Å². The number of nitroso groups, excluding NO2 is 1. The first-order chi connectivity index (χ1) is 6.35. The molecule has 4 heteroatoms. The van der Waals surface area contributed by atoms with Crippen molar-refractivity contribution in [1.82, 2.24) is 5.48 Å². The minimum Gasteiger partial charge on any atom is -0.786 e. The summed E-state index contributed by atoms with van der Waals surface area (Å²) in [7, 11) is 0. The van der Waals surface area contributed by atoms with Crippen molar-refractivity contribution in [3.05, 3.63) is 10.1 Å². The van der Waals surface area contributed by atoms with Crippen LogP contribution < -0.4 is 5.48 Å². The van der Waals surface area contributed by atoms with E-state index in [9.17, 15) is 10.1 Å². The summed E-state index contributed by atoms with van der Waals surface area (Å²) < 4.78 is 0. The Bertz CT molecular complexity index is 195. The van der Waals surface area contributed by atoms with E-state index in [0.717, 1.165) is 12.8 Å². The predicted octanol–water partition coefficient (Wildman–Crippen LogP) is 3.02. The lowest BCUT2D eigenvalue weighted by Crippen LogP contribution is -2.52. The topological polar surface area (TPSA) is 64.5 Å². The van der Waals surface area contributed by atoms with E-state index in [-0.39, 0.29) is 5.92 Å². The predicted molar refractivity (Wildman–Crippen MR) is 58.6 cm³/mol. The van der Waals surface area contributed by atoms with E-state index in [1.807, 2.05) is 20.8 Å². The lowest BCUT2D eigenvalue weighted by molar-refractivity contribution is 0.0835. The van der Waals surface area contributed by atoms with Gasteiger partial charge in [0.15, 0.2) is 0 Å². The molecule has 0 spiro atoms. The number of hydrogen-bond acceptors (Lipinski definition) is 4. The quantitative estimate of drug-likeness (QED) is 0.530. The molecule has 0 aliphatic carbocycles. The van der Waals surface area contributed by atoms with Crippen molar-refractivity contribution in [1.29, 1.82) is 0 Å². The Hall–Kier alpha value is -0.480. The van der Waals surface area contributed by atoms with Gasteiger partial charge in [-0.25, -0.2) is 0 Å². The first-order valence-corrected chi connectivity index (χ1v) is 5.09. The highest BCUT2D eigenvalue weighted by Crippen LogP contribution is 2.40. The zero-order valence-corrected chi connectivity index (χ0v) is 9.76. The van der Waals surface area contributed by atoms with Gasteiger partial charge in [0, 0.05) is 5.41 Å². The summed E-state index contributed by atoms with van der Waals surface area (Å²) in [4.78, 5) is 10.7. The molecule has 0 fully saturated rings. The van der Waals surface area contributed by atoms with E-state index in [1.165, 1.54) is 0 Å². The molecule has 0 rings (SSSR count). The minimum atomic E-state index is -1.23. The second kappa shape index (κ2) is 4.84. The summed E-state index contributed by atoms with van der Waals surface area (Å²) in [5.74, 6) is 0.275. The lowest BCUT2D eigenvalue weighted by atomic mass is 9.69. The summed E-state index contributed by atoms with van der Waals surface area (Å²) in [5.41, 5.74) is 0.106. The smallest absolute Gasteiger partial charge is 0.144 e. The third-order valence-electron chi connectivity index (χ3n) is 3.59. The van der Waals surface area contributed by atoms with Crippen LogP contribution in [0.1, 0.15) is 47.5 Å². The molecular weight excluding hydrogens is 180 g/mol. The van der Waals surface area contributed by atoms with Gasteiger partial charge in [-0.3, -0.25) is 0 Å². The molecule has 14 heavy (non-hydrogen) atoms. The minimum absolute atomic E-state index is 0.275. The molecule has 84 valence electrons. The van der Waals surface area contributed by atoms with Crippen LogP contribution in [-0.2, 0) is 0 Å². The Labute approximate surface area is 86.0 Å². The second-order valence-corrected chi connectivity index (χ2v) is 4.68. The first-order valence-electron chi connectivity index (χ1n) is 5.09. The van der Waals surface area contributed by atoms with Gasteiger partial charge in [-0.15, -0.1) is 4.91 Å². The van der Waals surface area contributed by atoms with Crippen LogP contribution >= 0.6 is 0 Å². The van der Waals surface area contributed by atoms with E-state index in [1.54, 1.807) is 12.4 Å². The third kappa shape index (κ3) is 2.30. The summed E-state index contributed by atoms with van der Waals surface area (Å²) in [6, 6.07) is 0. The van der Waals surface area contributed by atoms with E-state index < -0.39 is 11.1 Å². The molecule has 0 aromatic carbocycles. The fourth-order valence-electron chi connectivity index (χ4n) is 1.54. The standard InChI is InChI=1S/C10H21N2O2/c1-6-7-8(2)9(3,4)10(5,11-13)12-14/h8,11H,6-7H2,1-5H3/q-1. The Morgan fingerprint density at radius 1 is 1.43 bits per heavy atom. The summed E-state index contributed by atoms with van der Waals surface area (Å²) in [5, 5.41) is 13.7. The number of nitrogens with one attached hydrogen (secondary N) is 1. The summed E-state index contributed by atoms with van der Waals surface area (Å²) in [6.45, 7) is 9.49. The van der Waals surface area contributed by atoms with Crippen LogP contribution in [0.2, 0.25) is 0 Å². The molecule has 0 bridgehead atoms. The van der Waals surface area contributed by atoms with Crippen molar-refractivity contribution in [3.8, 4) is 0 Å². The van der Waals surface area contributed by atoms with Crippen LogP contribution in [0.3, 0.4) is 0 Å². The molecule has 0 aliphatic heterocycles. The molecule has 1 N–H and O–H groups in total. The van der Waals surface area contributed by atoms with Gasteiger partial charge in [0.1, 0.15) is 5.66 Å². The molecular formula is C10H21N2O2-. The fraction of sp³-hybridized carbons (Fsp3) is 1.00. The van der Waals surface area contributed by atoms with Crippen LogP contribution in [0.5, 0.6) is 0 Å². The first kappa shape index (κ1) is 13.5. The van der Waals surface area contributed by atoms with Gasteiger partial charge < -0.3 is 10.7 Å². The molecule has 0 saturated heterocycles. The molecule has 0 aliphatic rings. The van der Waals surface area contributed by atoms with Gasteiger partial charge >= 0.3 is 0 Å². The van der Waals surface area contributed by atoms with Crippen LogP contribution in [0.4, 0.5) is 0 Å². The van der Waals surface area contributed by atoms with Gasteiger partial charge in [0.2, 0.25) is 0 Å². The van der Waals surface area contributed by atoms with Gasteiger partial charge in [0.25, 0.3) is 0 Å². The normalized spacial score (nSPS) is 18.7. The maximum atomic E-state index is 10.8. The van der Waals surface area contributed by atoms with Crippen molar-refractivity contribution in [2.75, 3.05) is 0 Å². The zero-order chi connectivity index (χ0) is 11.4. The van der Waals surface area contributed by atoms with Crippen molar-refractivity contribution < 1.29 is 0 Å². The van der Waals surface area contributed by atoms with E-state index in [0.29, 0.717) is 0 Å². The Balaban J connectivity index is 4.80. The molecule has 4 nitrogen and oxygen atoms in total. The Kier molecular flexibility index (Phi) is 4.68. The highest BCUT2D eigenvalue weighted by Gasteiger charge is 2.43. The maximum absolute atomic E-state index is 10.8. The van der Waals surface area contributed by atoms with Crippen molar-refractivity contribution >= 4 is 0 Å². The molecule has 0 amide bonds. The number of rotatable bonds is 6. The fourth-order valence-corrected chi connectivity index (χ4v) is 1.54. The van der Waals surface area contributed by atoms with E-state index in [4.69, 9.17) is 0 Å². The number of nitrogens with zero attached hydrogens (tertiary/aromatic N) is 1. The largest absolute Gasteiger partial charge is 0.786 e. The SMILES string of the molecule is CCCC(C)C(C)(C)C(C)(N=O)N[O-]. The van der Waals surface area contributed by atoms with Crippen molar-refractivity contribution in [2.24, 2.45) is 16.5 Å². The summed E-state index contributed by atoms with van der Waals surface area (Å²) in [6.07, 6.45) is 2.03. The van der Waals surface area contributed by atoms with Gasteiger partial charge in [-0.1, -0.05) is 40.5 Å². The lowest BCUT2D eigenvalue weighted by Gasteiger charge is -2.45. The van der Waals surface area contributed by atoms with Gasteiger partial charge in [-0.2, -0.15) is 0 Å². The zero-order valence-electron chi connectivity index (χ0n) is 9.76. The highest BCUT2D eigenvalue weighted by molar-refractivity contribution is 4.97.